The smallest absolute Gasteiger partial charge is 0.250 e. The highest BCUT2D eigenvalue weighted by atomic mass is 35.5. The Morgan fingerprint density at radius 3 is 2.67 bits per heavy atom. The number of halogens is 1. The summed E-state index contributed by atoms with van der Waals surface area (Å²) in [5.74, 6) is 0. The van der Waals surface area contributed by atoms with Crippen molar-refractivity contribution in [2.45, 2.75) is 30.9 Å². The highest BCUT2D eigenvalue weighted by Crippen LogP contribution is 2.32. The third kappa shape index (κ3) is 4.56. The number of hydrogen-bond acceptors (Lipinski definition) is 6. The minimum atomic E-state index is -3.45. The molecule has 0 spiro atoms. The molecule has 0 saturated carbocycles. The van der Waals surface area contributed by atoms with Gasteiger partial charge in [0.05, 0.1) is 15.6 Å². The molecule has 5 nitrogen and oxygen atoms in total. The largest absolute Gasteiger partial charge is 0.317 e. The molecule has 1 aliphatic rings. The average molecular weight is 408 g/mol. The van der Waals surface area contributed by atoms with E-state index in [0.717, 1.165) is 41.5 Å². The molecule has 134 valence electrons. The van der Waals surface area contributed by atoms with Crippen LogP contribution in [0.4, 0.5) is 0 Å². The van der Waals surface area contributed by atoms with Crippen LogP contribution in [-0.4, -0.2) is 33.0 Å². The molecule has 0 aromatic carbocycles. The van der Waals surface area contributed by atoms with E-state index in [1.165, 1.54) is 11.3 Å². The number of nitrogens with zero attached hydrogens (tertiary/aromatic N) is 1. The first-order chi connectivity index (χ1) is 10.9. The van der Waals surface area contributed by atoms with Gasteiger partial charge in [-0.2, -0.15) is 0 Å². The van der Waals surface area contributed by atoms with Gasteiger partial charge in [-0.15, -0.1) is 35.1 Å². The lowest BCUT2D eigenvalue weighted by Crippen LogP contribution is -2.42. The van der Waals surface area contributed by atoms with Crippen LogP contribution in [0.25, 0.3) is 10.6 Å². The molecule has 0 atom stereocenters. The number of thiazole rings is 1. The lowest BCUT2D eigenvalue weighted by atomic mass is 9.81. The highest BCUT2D eigenvalue weighted by Gasteiger charge is 2.29. The molecular weight excluding hydrogens is 386 g/mol. The van der Waals surface area contributed by atoms with Crippen LogP contribution in [-0.2, 0) is 10.0 Å². The maximum absolute atomic E-state index is 12.5. The SMILES string of the molecule is Cc1nc(-c2ccc(S(=O)(=O)NCC3(C)CCNCC3)s2)cs1.Cl. The van der Waals surface area contributed by atoms with Crippen molar-refractivity contribution in [1.82, 2.24) is 15.0 Å². The lowest BCUT2D eigenvalue weighted by molar-refractivity contribution is 0.232. The minimum Gasteiger partial charge on any atom is -0.317 e. The second-order valence-electron chi connectivity index (χ2n) is 6.26. The number of hydrogen-bond donors (Lipinski definition) is 2. The van der Waals surface area contributed by atoms with E-state index in [1.54, 1.807) is 17.4 Å². The molecule has 0 radical (unpaired) electrons. The number of aromatic nitrogens is 1. The Labute approximate surface area is 157 Å². The Balaban J connectivity index is 0.00000208. The van der Waals surface area contributed by atoms with Gasteiger partial charge in [-0.25, -0.2) is 18.1 Å². The molecule has 0 unspecified atom stereocenters. The van der Waals surface area contributed by atoms with E-state index in [2.05, 4.69) is 21.9 Å². The second-order valence-corrected chi connectivity index (χ2v) is 10.4. The summed E-state index contributed by atoms with van der Waals surface area (Å²) in [5, 5.41) is 6.25. The molecule has 2 N–H and O–H groups in total. The van der Waals surface area contributed by atoms with Crippen LogP contribution < -0.4 is 10.0 Å². The predicted octanol–water partition coefficient (Wildman–Crippen LogP) is 3.27. The quantitative estimate of drug-likeness (QED) is 0.797. The van der Waals surface area contributed by atoms with Crippen molar-refractivity contribution in [2.24, 2.45) is 5.41 Å². The Morgan fingerprint density at radius 1 is 1.33 bits per heavy atom. The van der Waals surface area contributed by atoms with Crippen LogP contribution in [0.2, 0.25) is 0 Å². The summed E-state index contributed by atoms with van der Waals surface area (Å²) in [7, 11) is -3.45. The molecule has 3 heterocycles. The van der Waals surface area contributed by atoms with Gasteiger partial charge in [0.25, 0.3) is 0 Å². The summed E-state index contributed by atoms with van der Waals surface area (Å²) < 4.78 is 28.2. The van der Waals surface area contributed by atoms with Crippen molar-refractivity contribution < 1.29 is 8.42 Å². The van der Waals surface area contributed by atoms with Crippen LogP contribution in [0.5, 0.6) is 0 Å². The van der Waals surface area contributed by atoms with Crippen molar-refractivity contribution >= 4 is 45.1 Å². The predicted molar refractivity (Wildman–Crippen MR) is 103 cm³/mol. The summed E-state index contributed by atoms with van der Waals surface area (Å²) in [6.07, 6.45) is 1.98. The molecule has 9 heteroatoms. The van der Waals surface area contributed by atoms with E-state index in [4.69, 9.17) is 0 Å². The van der Waals surface area contributed by atoms with Gasteiger partial charge >= 0.3 is 0 Å². The zero-order valence-electron chi connectivity index (χ0n) is 13.7. The molecule has 2 aromatic heterocycles. The van der Waals surface area contributed by atoms with Crippen molar-refractivity contribution in [3.05, 3.63) is 22.5 Å². The molecule has 1 aliphatic heterocycles. The fourth-order valence-electron chi connectivity index (χ4n) is 2.63. The van der Waals surface area contributed by atoms with Gasteiger partial charge in [0.15, 0.2) is 0 Å². The van der Waals surface area contributed by atoms with E-state index in [9.17, 15) is 8.42 Å². The summed E-state index contributed by atoms with van der Waals surface area (Å²) in [5.41, 5.74) is 0.883. The number of piperidine rings is 1. The van der Waals surface area contributed by atoms with Gasteiger partial charge in [-0.3, -0.25) is 0 Å². The molecule has 0 amide bonds. The van der Waals surface area contributed by atoms with Crippen molar-refractivity contribution in [1.29, 1.82) is 0 Å². The van der Waals surface area contributed by atoms with Gasteiger partial charge in [0.2, 0.25) is 10.0 Å². The maximum Gasteiger partial charge on any atom is 0.250 e. The molecule has 24 heavy (non-hydrogen) atoms. The summed E-state index contributed by atoms with van der Waals surface area (Å²) in [6.45, 7) is 6.48. The van der Waals surface area contributed by atoms with E-state index in [1.807, 2.05) is 18.4 Å². The fraction of sp³-hybridized carbons (Fsp3) is 0.533. The zero-order valence-corrected chi connectivity index (χ0v) is 16.9. The van der Waals surface area contributed by atoms with Crippen LogP contribution in [0.15, 0.2) is 21.7 Å². The number of aryl methyl sites for hydroxylation is 1. The molecule has 0 bridgehead atoms. The van der Waals surface area contributed by atoms with Gasteiger partial charge in [0.1, 0.15) is 4.21 Å². The monoisotopic (exact) mass is 407 g/mol. The van der Waals surface area contributed by atoms with Gasteiger partial charge < -0.3 is 5.32 Å². The van der Waals surface area contributed by atoms with Crippen LogP contribution >= 0.6 is 35.1 Å². The highest BCUT2D eigenvalue weighted by molar-refractivity contribution is 7.91. The molecule has 3 rings (SSSR count). The first-order valence-electron chi connectivity index (χ1n) is 7.61. The molecule has 0 aliphatic carbocycles. The minimum absolute atomic E-state index is 0. The summed E-state index contributed by atoms with van der Waals surface area (Å²) in [6, 6.07) is 3.50. The fourth-order valence-corrected chi connectivity index (χ4v) is 5.82. The normalized spacial score (nSPS) is 17.4. The van der Waals surface area contributed by atoms with Crippen molar-refractivity contribution in [3.8, 4) is 10.6 Å². The lowest BCUT2D eigenvalue weighted by Gasteiger charge is -2.33. The van der Waals surface area contributed by atoms with Gasteiger partial charge in [-0.1, -0.05) is 6.92 Å². The molecule has 2 aromatic rings. The number of rotatable bonds is 5. The Kier molecular flexibility index (Phi) is 6.44. The van der Waals surface area contributed by atoms with E-state index < -0.39 is 10.0 Å². The molecular formula is C15H22ClN3O2S3. The van der Waals surface area contributed by atoms with Crippen LogP contribution in [0.3, 0.4) is 0 Å². The van der Waals surface area contributed by atoms with E-state index in [0.29, 0.717) is 10.8 Å². The third-order valence-electron chi connectivity index (χ3n) is 4.22. The van der Waals surface area contributed by atoms with E-state index in [-0.39, 0.29) is 17.8 Å². The standard InChI is InChI=1S/C15H21N3O2S3.ClH/c1-11-18-12(9-21-11)13-3-4-14(22-13)23(19,20)17-10-15(2)5-7-16-8-6-15;/h3-4,9,16-17H,5-8,10H2,1-2H3;1H. The second kappa shape index (κ2) is 7.80. The topological polar surface area (TPSA) is 71.1 Å². The molecule has 1 saturated heterocycles. The van der Waals surface area contributed by atoms with Crippen molar-refractivity contribution in [3.63, 3.8) is 0 Å². The first kappa shape index (κ1) is 19.8. The van der Waals surface area contributed by atoms with Gasteiger partial charge in [0, 0.05) is 11.9 Å². The van der Waals surface area contributed by atoms with Gasteiger partial charge in [-0.05, 0) is 50.4 Å². The van der Waals surface area contributed by atoms with Crippen LogP contribution in [0.1, 0.15) is 24.8 Å². The number of thiophene rings is 1. The average Bonchev–Trinajstić information content (AvgIpc) is 3.15. The summed E-state index contributed by atoms with van der Waals surface area (Å²) in [4.78, 5) is 5.31. The number of sulfonamides is 1. The first-order valence-corrected chi connectivity index (χ1v) is 10.8. The summed E-state index contributed by atoms with van der Waals surface area (Å²) >= 11 is 2.84. The maximum atomic E-state index is 12.5. The Hall–Kier alpha value is -0.510. The Bertz CT molecular complexity index is 779. The number of nitrogens with one attached hydrogen (secondary N) is 2. The van der Waals surface area contributed by atoms with Crippen molar-refractivity contribution in [2.75, 3.05) is 19.6 Å². The third-order valence-corrected chi connectivity index (χ3v) is 7.99. The molecule has 1 fully saturated rings. The Morgan fingerprint density at radius 2 is 2.04 bits per heavy atom. The van der Waals surface area contributed by atoms with E-state index >= 15 is 0 Å². The zero-order chi connectivity index (χ0) is 16.5. The van der Waals surface area contributed by atoms with Crippen LogP contribution in [0, 0.1) is 12.3 Å².